The summed E-state index contributed by atoms with van der Waals surface area (Å²) in [4.78, 5) is 26.2. The third-order valence-electron chi connectivity index (χ3n) is 6.59. The first kappa shape index (κ1) is 25.5. The van der Waals surface area contributed by atoms with Gasteiger partial charge in [-0.3, -0.25) is 4.79 Å². The van der Waals surface area contributed by atoms with E-state index < -0.39 is 0 Å². The molecule has 3 aromatic rings. The molecule has 7 heteroatoms. The van der Waals surface area contributed by atoms with Crippen molar-refractivity contribution in [1.82, 2.24) is 14.9 Å². The number of aromatic nitrogens is 2. The molecule has 5 nitrogen and oxygen atoms in total. The zero-order valence-corrected chi connectivity index (χ0v) is 22.1. The third kappa shape index (κ3) is 6.98. The molecule has 1 aliphatic heterocycles. The Labute approximate surface area is 217 Å². The van der Waals surface area contributed by atoms with Gasteiger partial charge in [-0.1, -0.05) is 65.8 Å². The molecule has 0 spiro atoms. The molecular weight excluding hydrogens is 476 g/mol. The van der Waals surface area contributed by atoms with Gasteiger partial charge in [0.25, 0.3) is 5.91 Å². The van der Waals surface area contributed by atoms with Crippen LogP contribution < -0.4 is 4.90 Å². The molecule has 4 rings (SSSR count). The molecule has 1 aliphatic rings. The fourth-order valence-corrected chi connectivity index (χ4v) is 5.56. The van der Waals surface area contributed by atoms with Gasteiger partial charge in [-0.05, 0) is 62.3 Å². The number of hydrogen-bond donors (Lipinski definition) is 0. The van der Waals surface area contributed by atoms with Crippen LogP contribution in [0.1, 0.15) is 48.2 Å². The number of halogens is 1. The Kier molecular flexibility index (Phi) is 9.05. The summed E-state index contributed by atoms with van der Waals surface area (Å²) >= 11 is 7.79. The zero-order valence-electron chi connectivity index (χ0n) is 20.5. The SMILES string of the molecule is CCN(CC)c1cc(Cl)nc(SCc2ccc(C(=O)N3CCC(Cc4ccccc4)CC3)cc2)n1. The van der Waals surface area contributed by atoms with Crippen molar-refractivity contribution in [2.24, 2.45) is 5.92 Å². The molecule has 2 aromatic carbocycles. The van der Waals surface area contributed by atoms with Crippen LogP contribution in [0.3, 0.4) is 0 Å². The highest BCUT2D eigenvalue weighted by atomic mass is 35.5. The lowest BCUT2D eigenvalue weighted by Crippen LogP contribution is -2.38. The summed E-state index contributed by atoms with van der Waals surface area (Å²) in [5.41, 5.74) is 3.27. The minimum absolute atomic E-state index is 0.129. The van der Waals surface area contributed by atoms with E-state index in [4.69, 9.17) is 11.6 Å². The highest BCUT2D eigenvalue weighted by molar-refractivity contribution is 7.98. The Hall–Kier alpha value is -2.57. The Morgan fingerprint density at radius 3 is 2.34 bits per heavy atom. The Bertz CT molecular complexity index is 1100. The number of carbonyl (C=O) groups excluding carboxylic acids is 1. The van der Waals surface area contributed by atoms with Crippen molar-refractivity contribution in [2.75, 3.05) is 31.1 Å². The van der Waals surface area contributed by atoms with Gasteiger partial charge >= 0.3 is 0 Å². The van der Waals surface area contributed by atoms with Crippen LogP contribution in [0, 0.1) is 5.92 Å². The number of anilines is 1. The van der Waals surface area contributed by atoms with Gasteiger partial charge in [0.1, 0.15) is 11.0 Å². The van der Waals surface area contributed by atoms with Crippen molar-refractivity contribution >= 4 is 35.1 Å². The second kappa shape index (κ2) is 12.4. The summed E-state index contributed by atoms with van der Waals surface area (Å²) in [5, 5.41) is 1.12. The van der Waals surface area contributed by atoms with E-state index in [1.54, 1.807) is 11.8 Å². The number of rotatable bonds is 9. The summed E-state index contributed by atoms with van der Waals surface area (Å²) in [7, 11) is 0. The fourth-order valence-electron chi connectivity index (χ4n) is 4.52. The average molecular weight is 509 g/mol. The number of nitrogens with zero attached hydrogens (tertiary/aromatic N) is 4. The molecule has 0 bridgehead atoms. The molecule has 0 unspecified atom stereocenters. The van der Waals surface area contributed by atoms with Crippen LogP contribution in [0.15, 0.2) is 65.8 Å². The summed E-state index contributed by atoms with van der Waals surface area (Å²) in [6, 6.07) is 20.4. The second-order valence-electron chi connectivity index (χ2n) is 8.91. The van der Waals surface area contributed by atoms with E-state index in [2.05, 4.69) is 59.0 Å². The van der Waals surface area contributed by atoms with Crippen LogP contribution in [0.25, 0.3) is 0 Å². The molecule has 1 aromatic heterocycles. The van der Waals surface area contributed by atoms with Crippen molar-refractivity contribution < 1.29 is 4.79 Å². The maximum atomic E-state index is 13.0. The van der Waals surface area contributed by atoms with Gasteiger partial charge in [0.15, 0.2) is 5.16 Å². The number of thioether (sulfide) groups is 1. The van der Waals surface area contributed by atoms with Crippen molar-refractivity contribution in [3.05, 3.63) is 82.5 Å². The molecule has 0 saturated carbocycles. The fraction of sp³-hybridized carbons (Fsp3) is 0.393. The molecule has 0 radical (unpaired) electrons. The van der Waals surface area contributed by atoms with E-state index in [0.29, 0.717) is 16.2 Å². The predicted molar refractivity (Wildman–Crippen MR) is 145 cm³/mol. The van der Waals surface area contributed by atoms with Crippen molar-refractivity contribution in [1.29, 1.82) is 0 Å². The number of amides is 1. The van der Waals surface area contributed by atoms with Crippen LogP contribution in [0.2, 0.25) is 5.15 Å². The smallest absolute Gasteiger partial charge is 0.253 e. The van der Waals surface area contributed by atoms with Crippen LogP contribution in [0.4, 0.5) is 5.82 Å². The van der Waals surface area contributed by atoms with Crippen LogP contribution >= 0.6 is 23.4 Å². The molecule has 0 aliphatic carbocycles. The largest absolute Gasteiger partial charge is 0.357 e. The average Bonchev–Trinajstić information content (AvgIpc) is 2.89. The van der Waals surface area contributed by atoms with E-state index in [9.17, 15) is 4.79 Å². The highest BCUT2D eigenvalue weighted by Gasteiger charge is 2.23. The Morgan fingerprint density at radius 2 is 1.69 bits per heavy atom. The Balaban J connectivity index is 1.29. The lowest BCUT2D eigenvalue weighted by atomic mass is 9.90. The van der Waals surface area contributed by atoms with Crippen LogP contribution in [-0.4, -0.2) is 47.0 Å². The molecule has 0 N–H and O–H groups in total. The van der Waals surface area contributed by atoms with E-state index in [1.807, 2.05) is 35.2 Å². The number of likely N-dealkylation sites (tertiary alicyclic amines) is 1. The van der Waals surface area contributed by atoms with E-state index >= 15 is 0 Å². The van der Waals surface area contributed by atoms with Gasteiger partial charge in [0.05, 0.1) is 0 Å². The normalized spacial score (nSPS) is 14.2. The molecule has 1 saturated heterocycles. The summed E-state index contributed by atoms with van der Waals surface area (Å²) in [5.74, 6) is 2.35. The van der Waals surface area contributed by atoms with Gasteiger partial charge in [0, 0.05) is 43.6 Å². The minimum Gasteiger partial charge on any atom is -0.357 e. The number of hydrogen-bond acceptors (Lipinski definition) is 5. The second-order valence-corrected chi connectivity index (χ2v) is 10.2. The van der Waals surface area contributed by atoms with Crippen LogP contribution in [-0.2, 0) is 12.2 Å². The van der Waals surface area contributed by atoms with Crippen molar-refractivity contribution in [3.63, 3.8) is 0 Å². The molecule has 184 valence electrons. The van der Waals surface area contributed by atoms with E-state index in [1.165, 1.54) is 5.56 Å². The first-order chi connectivity index (χ1) is 17.1. The van der Waals surface area contributed by atoms with E-state index in [-0.39, 0.29) is 5.91 Å². The highest BCUT2D eigenvalue weighted by Crippen LogP contribution is 2.26. The lowest BCUT2D eigenvalue weighted by Gasteiger charge is -2.32. The molecule has 35 heavy (non-hydrogen) atoms. The molecule has 0 atom stereocenters. The maximum Gasteiger partial charge on any atom is 0.253 e. The molecule has 2 heterocycles. The minimum atomic E-state index is 0.129. The summed E-state index contributed by atoms with van der Waals surface area (Å²) < 4.78 is 0. The third-order valence-corrected chi connectivity index (χ3v) is 7.70. The topological polar surface area (TPSA) is 49.3 Å². The summed E-state index contributed by atoms with van der Waals surface area (Å²) in [6.07, 6.45) is 3.22. The molecular formula is C28H33ClN4OS. The first-order valence-corrected chi connectivity index (χ1v) is 13.8. The maximum absolute atomic E-state index is 13.0. The monoisotopic (exact) mass is 508 g/mol. The molecule has 1 amide bonds. The van der Waals surface area contributed by atoms with Gasteiger partial charge in [-0.2, -0.15) is 0 Å². The van der Waals surface area contributed by atoms with Gasteiger partial charge in [-0.15, -0.1) is 0 Å². The van der Waals surface area contributed by atoms with Crippen LogP contribution in [0.5, 0.6) is 0 Å². The van der Waals surface area contributed by atoms with Crippen molar-refractivity contribution in [3.8, 4) is 0 Å². The van der Waals surface area contributed by atoms with Gasteiger partial charge < -0.3 is 9.80 Å². The summed E-state index contributed by atoms with van der Waals surface area (Å²) in [6.45, 7) is 7.59. The van der Waals surface area contributed by atoms with Gasteiger partial charge in [-0.25, -0.2) is 9.97 Å². The number of benzene rings is 2. The van der Waals surface area contributed by atoms with Gasteiger partial charge in [0.2, 0.25) is 0 Å². The van der Waals surface area contributed by atoms with E-state index in [0.717, 1.165) is 68.1 Å². The zero-order chi connectivity index (χ0) is 24.6. The standard InChI is InChI=1S/C28H33ClN4OS/c1-3-32(4-2)26-19-25(29)30-28(31-26)35-20-23-10-12-24(13-11-23)27(34)33-16-14-22(15-17-33)18-21-8-6-5-7-9-21/h5-13,19,22H,3-4,14-18,20H2,1-2H3. The quantitative estimate of drug-likeness (QED) is 0.191. The van der Waals surface area contributed by atoms with Crippen molar-refractivity contribution in [2.45, 2.75) is 44.0 Å². The number of piperidine rings is 1. The Morgan fingerprint density at radius 1 is 1.00 bits per heavy atom. The lowest BCUT2D eigenvalue weighted by molar-refractivity contribution is 0.0690. The molecule has 1 fully saturated rings. The number of carbonyl (C=O) groups is 1. The first-order valence-electron chi connectivity index (χ1n) is 12.4. The predicted octanol–water partition coefficient (Wildman–Crippen LogP) is 6.36.